The van der Waals surface area contributed by atoms with Crippen molar-refractivity contribution in [3.63, 3.8) is 0 Å². The van der Waals surface area contributed by atoms with E-state index in [2.05, 4.69) is 25.7 Å². The highest BCUT2D eigenvalue weighted by Crippen LogP contribution is 2.23. The molecule has 0 radical (unpaired) electrons. The fourth-order valence-corrected chi connectivity index (χ4v) is 1.88. The molecule has 1 aromatic carbocycles. The van der Waals surface area contributed by atoms with Gasteiger partial charge in [0, 0.05) is 22.6 Å². The second-order valence-corrected chi connectivity index (χ2v) is 5.32. The molecule has 4 heteroatoms. The normalized spacial score (nSPS) is 11.0. The summed E-state index contributed by atoms with van der Waals surface area (Å²) >= 11 is 6.00. The van der Waals surface area contributed by atoms with Crippen LogP contribution in [0, 0.1) is 17.8 Å². The zero-order valence-corrected chi connectivity index (χ0v) is 13.2. The average molecular weight is 307 g/mol. The highest BCUT2D eigenvalue weighted by Gasteiger charge is 2.15. The number of carbonyl (C=O) groups is 1. The molecule has 21 heavy (non-hydrogen) atoms. The van der Waals surface area contributed by atoms with Crippen molar-refractivity contribution in [1.29, 1.82) is 0 Å². The van der Waals surface area contributed by atoms with Gasteiger partial charge in [-0.15, -0.1) is 0 Å². The van der Waals surface area contributed by atoms with Crippen LogP contribution in [0.15, 0.2) is 24.3 Å². The third-order valence-electron chi connectivity index (χ3n) is 2.71. The van der Waals surface area contributed by atoms with E-state index in [1.165, 1.54) is 13.2 Å². The summed E-state index contributed by atoms with van der Waals surface area (Å²) in [5, 5.41) is 9.63. The summed E-state index contributed by atoms with van der Waals surface area (Å²) in [7, 11) is 1.30. The summed E-state index contributed by atoms with van der Waals surface area (Å²) in [5.74, 6) is 6.06. The van der Waals surface area contributed by atoms with E-state index in [0.717, 1.165) is 6.42 Å². The molecule has 0 heterocycles. The number of halogens is 1. The van der Waals surface area contributed by atoms with Gasteiger partial charge in [-0.3, -0.25) is 0 Å². The minimum Gasteiger partial charge on any atom is -0.465 e. The second kappa shape index (κ2) is 8.51. The molecule has 0 saturated carbocycles. The van der Waals surface area contributed by atoms with Crippen LogP contribution in [0.1, 0.15) is 31.4 Å². The van der Waals surface area contributed by atoms with Gasteiger partial charge in [0.05, 0.1) is 19.3 Å². The maximum atomic E-state index is 11.8. The number of carbonyl (C=O) groups excluding carboxylic acids is 1. The zero-order valence-electron chi connectivity index (χ0n) is 12.4. The van der Waals surface area contributed by atoms with Crippen LogP contribution in [0.3, 0.4) is 0 Å². The number of aliphatic hydroxyl groups excluding tert-OH is 1. The number of aliphatic hydroxyl groups is 1. The maximum absolute atomic E-state index is 11.8. The van der Waals surface area contributed by atoms with Crippen LogP contribution in [0.2, 0.25) is 5.02 Å². The first kappa shape index (κ1) is 17.3. The number of benzene rings is 1. The molecule has 0 aliphatic carbocycles. The van der Waals surface area contributed by atoms with Crippen LogP contribution in [-0.2, 0) is 9.53 Å². The SMILES string of the molecule is COC(=O)/C(=C/CO)c1ccc(Cl)cc1C#CCC(C)C. The van der Waals surface area contributed by atoms with Crippen molar-refractivity contribution in [1.82, 2.24) is 0 Å². The average Bonchev–Trinajstić information content (AvgIpc) is 2.44. The smallest absolute Gasteiger partial charge is 0.338 e. The fraction of sp³-hybridized carbons (Fsp3) is 0.353. The molecule has 0 unspecified atom stereocenters. The number of ether oxygens (including phenoxy) is 1. The molecule has 0 fully saturated rings. The Morgan fingerprint density at radius 1 is 1.48 bits per heavy atom. The molecular weight excluding hydrogens is 288 g/mol. The minimum atomic E-state index is -0.515. The summed E-state index contributed by atoms with van der Waals surface area (Å²) in [6.45, 7) is 3.91. The van der Waals surface area contributed by atoms with Crippen LogP contribution < -0.4 is 0 Å². The first-order valence-corrected chi connectivity index (χ1v) is 7.05. The third kappa shape index (κ3) is 5.26. The van der Waals surface area contributed by atoms with Gasteiger partial charge in [-0.25, -0.2) is 4.79 Å². The Kier molecular flexibility index (Phi) is 7.01. The topological polar surface area (TPSA) is 46.5 Å². The van der Waals surface area contributed by atoms with Crippen LogP contribution in [0.5, 0.6) is 0 Å². The lowest BCUT2D eigenvalue weighted by molar-refractivity contribution is -0.133. The Morgan fingerprint density at radius 2 is 2.19 bits per heavy atom. The second-order valence-electron chi connectivity index (χ2n) is 4.88. The van der Waals surface area contributed by atoms with Crippen LogP contribution in [0.4, 0.5) is 0 Å². The van der Waals surface area contributed by atoms with Crippen LogP contribution in [0.25, 0.3) is 5.57 Å². The zero-order chi connectivity index (χ0) is 15.8. The summed E-state index contributed by atoms with van der Waals surface area (Å²) in [5.41, 5.74) is 1.54. The first-order valence-electron chi connectivity index (χ1n) is 6.67. The van der Waals surface area contributed by atoms with E-state index >= 15 is 0 Å². The Hall–Kier alpha value is -1.76. The van der Waals surface area contributed by atoms with Crippen molar-refractivity contribution in [2.45, 2.75) is 20.3 Å². The molecule has 0 aromatic heterocycles. The Labute approximate surface area is 130 Å². The molecule has 0 atom stereocenters. The molecule has 0 spiro atoms. The number of methoxy groups -OCH3 is 1. The van der Waals surface area contributed by atoms with E-state index in [9.17, 15) is 4.79 Å². The van der Waals surface area contributed by atoms with Crippen molar-refractivity contribution in [2.75, 3.05) is 13.7 Å². The van der Waals surface area contributed by atoms with Gasteiger partial charge < -0.3 is 9.84 Å². The Morgan fingerprint density at radius 3 is 2.76 bits per heavy atom. The Balaban J connectivity index is 3.30. The molecule has 112 valence electrons. The highest BCUT2D eigenvalue weighted by molar-refractivity contribution is 6.31. The lowest BCUT2D eigenvalue weighted by Gasteiger charge is -2.08. The third-order valence-corrected chi connectivity index (χ3v) is 2.94. The molecule has 1 aromatic rings. The van der Waals surface area contributed by atoms with Gasteiger partial charge in [-0.2, -0.15) is 0 Å². The van der Waals surface area contributed by atoms with Crippen molar-refractivity contribution < 1.29 is 14.6 Å². The van der Waals surface area contributed by atoms with Crippen molar-refractivity contribution in [2.24, 2.45) is 5.92 Å². The standard InChI is InChI=1S/C17H19ClO3/c1-12(2)5-4-6-13-11-14(18)7-8-15(13)16(9-10-19)17(20)21-3/h7-9,11-12,19H,5,10H2,1-3H3/b16-9+. The van der Waals surface area contributed by atoms with E-state index in [1.54, 1.807) is 18.2 Å². The van der Waals surface area contributed by atoms with Gasteiger partial charge in [0.15, 0.2) is 0 Å². The number of esters is 1. The molecular formula is C17H19ClO3. The van der Waals surface area contributed by atoms with Gasteiger partial charge in [-0.05, 0) is 24.1 Å². The van der Waals surface area contributed by atoms with Gasteiger partial charge in [-0.1, -0.05) is 43.4 Å². The van der Waals surface area contributed by atoms with Crippen molar-refractivity contribution in [3.05, 3.63) is 40.4 Å². The highest BCUT2D eigenvalue weighted by atomic mass is 35.5. The number of hydrogen-bond donors (Lipinski definition) is 1. The van der Waals surface area contributed by atoms with E-state index in [-0.39, 0.29) is 12.2 Å². The summed E-state index contributed by atoms with van der Waals surface area (Å²) in [6, 6.07) is 5.09. The lowest BCUT2D eigenvalue weighted by atomic mass is 9.99. The quantitative estimate of drug-likeness (QED) is 0.527. The van der Waals surface area contributed by atoms with Crippen molar-refractivity contribution in [3.8, 4) is 11.8 Å². The van der Waals surface area contributed by atoms with Gasteiger partial charge in [0.2, 0.25) is 0 Å². The van der Waals surface area contributed by atoms with Crippen molar-refractivity contribution >= 4 is 23.1 Å². The number of hydrogen-bond acceptors (Lipinski definition) is 3. The molecule has 0 aliphatic rings. The van der Waals surface area contributed by atoms with E-state index in [1.807, 2.05) is 0 Å². The fourth-order valence-electron chi connectivity index (χ4n) is 1.71. The lowest BCUT2D eigenvalue weighted by Crippen LogP contribution is -2.06. The van der Waals surface area contributed by atoms with Gasteiger partial charge in [0.25, 0.3) is 0 Å². The van der Waals surface area contributed by atoms with E-state index in [4.69, 9.17) is 21.4 Å². The Bertz CT molecular complexity index is 592. The van der Waals surface area contributed by atoms with Crippen LogP contribution in [-0.4, -0.2) is 24.8 Å². The first-order chi connectivity index (χ1) is 9.99. The predicted molar refractivity (Wildman–Crippen MR) is 84.9 cm³/mol. The van der Waals surface area contributed by atoms with Crippen LogP contribution >= 0.6 is 11.6 Å². The molecule has 1 N–H and O–H groups in total. The van der Waals surface area contributed by atoms with Gasteiger partial charge in [0.1, 0.15) is 0 Å². The largest absolute Gasteiger partial charge is 0.465 e. The summed E-state index contributed by atoms with van der Waals surface area (Å²) < 4.78 is 4.75. The summed E-state index contributed by atoms with van der Waals surface area (Å²) in [4.78, 5) is 11.8. The van der Waals surface area contributed by atoms with E-state index < -0.39 is 5.97 Å². The van der Waals surface area contributed by atoms with E-state index in [0.29, 0.717) is 22.1 Å². The van der Waals surface area contributed by atoms with Gasteiger partial charge >= 0.3 is 5.97 Å². The molecule has 3 nitrogen and oxygen atoms in total. The molecule has 0 bridgehead atoms. The minimum absolute atomic E-state index is 0.258. The monoisotopic (exact) mass is 306 g/mol. The summed E-state index contributed by atoms with van der Waals surface area (Å²) in [6.07, 6.45) is 2.16. The number of rotatable bonds is 4. The predicted octanol–water partition coefficient (Wildman–Crippen LogP) is 3.29. The maximum Gasteiger partial charge on any atom is 0.338 e. The molecule has 0 aliphatic heterocycles. The molecule has 1 rings (SSSR count). The molecule has 0 amide bonds. The molecule has 0 saturated heterocycles.